The van der Waals surface area contributed by atoms with Crippen molar-refractivity contribution in [1.82, 2.24) is 30.3 Å². The predicted molar refractivity (Wildman–Crippen MR) is 204 cm³/mol. The van der Waals surface area contributed by atoms with Crippen molar-refractivity contribution in [3.8, 4) is 10.8 Å². The van der Waals surface area contributed by atoms with Gasteiger partial charge in [-0.05, 0) is 76.3 Å². The smallest absolute Gasteiger partial charge is 0.266 e. The quantitative estimate of drug-likeness (QED) is 0.132. The Balaban J connectivity index is 0.889. The summed E-state index contributed by atoms with van der Waals surface area (Å²) < 4.78 is 13.6. The van der Waals surface area contributed by atoms with Crippen molar-refractivity contribution in [2.45, 2.75) is 65.0 Å². The molecule has 4 amide bonds. The molecule has 2 aromatic carbocycles. The van der Waals surface area contributed by atoms with E-state index >= 15 is 0 Å². The van der Waals surface area contributed by atoms with Crippen LogP contribution in [0.3, 0.4) is 0 Å². The van der Waals surface area contributed by atoms with Crippen LogP contribution < -0.4 is 15.4 Å². The van der Waals surface area contributed by atoms with E-state index in [0.717, 1.165) is 38.1 Å². The average molecular weight is 770 g/mol. The molecule has 13 nitrogen and oxygen atoms in total. The van der Waals surface area contributed by atoms with Crippen LogP contribution >= 0.6 is 22.9 Å². The van der Waals surface area contributed by atoms with Crippen LogP contribution in [0.1, 0.15) is 92.1 Å². The lowest BCUT2D eigenvalue weighted by molar-refractivity contribution is -0.125. The van der Waals surface area contributed by atoms with Crippen molar-refractivity contribution >= 4 is 52.3 Å². The number of hydrogen-bond donors (Lipinski definition) is 2. The molecule has 0 spiro atoms. The fourth-order valence-electron chi connectivity index (χ4n) is 6.93. The molecule has 7 rings (SSSR count). The van der Waals surface area contributed by atoms with Crippen LogP contribution in [0.15, 0.2) is 59.7 Å². The number of aromatic nitrogens is 3. The Morgan fingerprint density at radius 1 is 1.02 bits per heavy atom. The van der Waals surface area contributed by atoms with Crippen molar-refractivity contribution in [2.75, 3.05) is 26.4 Å². The van der Waals surface area contributed by atoms with E-state index in [0.29, 0.717) is 55.4 Å². The van der Waals surface area contributed by atoms with Gasteiger partial charge in [0.15, 0.2) is 5.82 Å². The topological polar surface area (TPSA) is 157 Å². The van der Waals surface area contributed by atoms with Gasteiger partial charge in [0.2, 0.25) is 11.8 Å². The van der Waals surface area contributed by atoms with Crippen LogP contribution in [0.2, 0.25) is 5.02 Å². The van der Waals surface area contributed by atoms with Crippen molar-refractivity contribution in [1.29, 1.82) is 0 Å². The second kappa shape index (κ2) is 15.7. The van der Waals surface area contributed by atoms with Crippen LogP contribution in [0.4, 0.5) is 0 Å². The summed E-state index contributed by atoms with van der Waals surface area (Å²) in [6, 6.07) is 11.0. The molecule has 0 bridgehead atoms. The number of benzene rings is 2. The lowest BCUT2D eigenvalue weighted by Crippen LogP contribution is -2.51. The van der Waals surface area contributed by atoms with E-state index in [1.54, 1.807) is 29.5 Å². The molecular formula is C39H40ClN7O6S. The summed E-state index contributed by atoms with van der Waals surface area (Å²) in [4.78, 5) is 59.6. The molecule has 0 aliphatic carbocycles. The summed E-state index contributed by atoms with van der Waals surface area (Å²) in [5, 5.41) is 16.1. The molecule has 4 aromatic rings. The maximum Gasteiger partial charge on any atom is 0.266 e. The monoisotopic (exact) mass is 769 g/mol. The summed E-state index contributed by atoms with van der Waals surface area (Å²) in [5.41, 5.74) is 4.78. The zero-order valence-corrected chi connectivity index (χ0v) is 31.8. The van der Waals surface area contributed by atoms with Gasteiger partial charge in [0.25, 0.3) is 11.8 Å². The van der Waals surface area contributed by atoms with Crippen LogP contribution in [0.5, 0.6) is 5.75 Å². The molecule has 54 heavy (non-hydrogen) atoms. The molecule has 5 heterocycles. The molecule has 280 valence electrons. The minimum absolute atomic E-state index is 0.106. The summed E-state index contributed by atoms with van der Waals surface area (Å²) in [6.07, 6.45) is 2.31. The molecule has 2 atom stereocenters. The van der Waals surface area contributed by atoms with Gasteiger partial charge in [-0.15, -0.1) is 21.5 Å². The van der Waals surface area contributed by atoms with E-state index in [1.165, 1.54) is 4.88 Å². The van der Waals surface area contributed by atoms with Crippen molar-refractivity contribution < 1.29 is 28.7 Å². The highest BCUT2D eigenvalue weighted by Gasteiger charge is 2.45. The number of thiophene rings is 1. The number of ether oxygens (including phenoxy) is 2. The number of aliphatic imine (C=N–C) groups is 1. The number of carbonyl (C=O) groups excluding carboxylic acids is 4. The Kier molecular flexibility index (Phi) is 10.8. The number of carbonyl (C=O) groups is 4. The van der Waals surface area contributed by atoms with Gasteiger partial charge in [-0.3, -0.25) is 33.6 Å². The van der Waals surface area contributed by atoms with E-state index in [-0.39, 0.29) is 42.4 Å². The van der Waals surface area contributed by atoms with Gasteiger partial charge in [-0.1, -0.05) is 36.4 Å². The zero-order chi connectivity index (χ0) is 38.1. The van der Waals surface area contributed by atoms with E-state index in [1.807, 2.05) is 35.8 Å². The van der Waals surface area contributed by atoms with E-state index in [4.69, 9.17) is 26.1 Å². The summed E-state index contributed by atoms with van der Waals surface area (Å²) in [5.74, 6) is 0.00663. The maximum absolute atomic E-state index is 13.3. The molecule has 15 heteroatoms. The SMILES string of the molecule is C=C1CCC(N2C(=O)c3cccc(OCCOCCCCNC(=O)C[C@@H]4N=C(c5ccc(Cl)cc5)c5c(sc(C)c5C)-n5c(C)nnc54)c3C2=O)C(=O)N1. The lowest BCUT2D eigenvalue weighted by atomic mass is 9.99. The van der Waals surface area contributed by atoms with Gasteiger partial charge in [0.1, 0.15) is 35.3 Å². The number of imide groups is 1. The first-order valence-corrected chi connectivity index (χ1v) is 19.1. The number of amides is 4. The lowest BCUT2D eigenvalue weighted by Gasteiger charge is -2.29. The van der Waals surface area contributed by atoms with Crippen LogP contribution in [0, 0.1) is 20.8 Å². The summed E-state index contributed by atoms with van der Waals surface area (Å²) in [6.45, 7) is 11.2. The highest BCUT2D eigenvalue weighted by molar-refractivity contribution is 7.15. The van der Waals surface area contributed by atoms with E-state index in [9.17, 15) is 19.2 Å². The summed E-state index contributed by atoms with van der Waals surface area (Å²) >= 11 is 7.88. The van der Waals surface area contributed by atoms with Gasteiger partial charge in [0.05, 0.1) is 29.9 Å². The number of aryl methyl sites for hydroxylation is 2. The number of nitrogens with zero attached hydrogens (tertiary/aromatic N) is 5. The fourth-order valence-corrected chi connectivity index (χ4v) is 8.27. The number of rotatable bonds is 13. The largest absolute Gasteiger partial charge is 0.490 e. The molecule has 3 aliphatic heterocycles. The standard InChI is InChI=1S/C39H40ClN7O6S/c1-21-10-15-29(36(49)42-21)47-37(50)27-8-7-9-30(33(27)38(47)51)53-19-18-52-17-6-5-16-41-31(48)20-28-35-45-44-24(4)46(35)39-32(22(2)23(3)54-39)34(43-28)25-11-13-26(40)14-12-25/h7-9,11-14,28-29H,1,5-6,10,15-20H2,2-4H3,(H,41,48)(H,42,49)/t28-,29?/m0/s1. The van der Waals surface area contributed by atoms with Crippen molar-refractivity contribution in [3.05, 3.63) is 104 Å². The number of hydrogen-bond acceptors (Lipinski definition) is 10. The van der Waals surface area contributed by atoms with Gasteiger partial charge < -0.3 is 20.1 Å². The Hall–Kier alpha value is -5.18. The normalized spacial score (nSPS) is 17.8. The molecule has 1 fully saturated rings. The molecular weight excluding hydrogens is 730 g/mol. The Morgan fingerprint density at radius 3 is 2.59 bits per heavy atom. The molecule has 2 N–H and O–H groups in total. The van der Waals surface area contributed by atoms with Gasteiger partial charge in [-0.25, -0.2) is 0 Å². The van der Waals surface area contributed by atoms with Crippen LogP contribution in [-0.4, -0.2) is 81.4 Å². The first kappa shape index (κ1) is 37.1. The Bertz CT molecular complexity index is 2190. The van der Waals surface area contributed by atoms with Crippen molar-refractivity contribution in [3.63, 3.8) is 0 Å². The van der Waals surface area contributed by atoms with E-state index < -0.39 is 29.8 Å². The Morgan fingerprint density at radius 2 is 1.81 bits per heavy atom. The first-order valence-electron chi connectivity index (χ1n) is 17.9. The molecule has 0 saturated carbocycles. The number of allylic oxidation sites excluding steroid dienone is 1. The number of halogens is 1. The first-order chi connectivity index (χ1) is 26.0. The van der Waals surface area contributed by atoms with Crippen LogP contribution in [-0.2, 0) is 14.3 Å². The average Bonchev–Trinajstić information content (AvgIpc) is 3.72. The van der Waals surface area contributed by atoms with Gasteiger partial charge in [0, 0.05) is 39.9 Å². The molecule has 3 aliphatic rings. The third-order valence-corrected chi connectivity index (χ3v) is 11.2. The Labute approximate surface area is 321 Å². The van der Waals surface area contributed by atoms with Gasteiger partial charge >= 0.3 is 0 Å². The highest BCUT2D eigenvalue weighted by atomic mass is 35.5. The second-order valence-corrected chi connectivity index (χ2v) is 15.1. The minimum atomic E-state index is -0.892. The minimum Gasteiger partial charge on any atom is -0.490 e. The van der Waals surface area contributed by atoms with Gasteiger partial charge in [-0.2, -0.15) is 0 Å². The molecule has 0 radical (unpaired) electrons. The van der Waals surface area contributed by atoms with Crippen molar-refractivity contribution in [2.24, 2.45) is 4.99 Å². The number of fused-ring (bicyclic) bond motifs is 4. The third-order valence-electron chi connectivity index (χ3n) is 9.80. The van der Waals surface area contributed by atoms with E-state index in [2.05, 4.69) is 41.3 Å². The number of piperidine rings is 1. The fraction of sp³-hybridized carbons (Fsp3) is 0.359. The molecule has 1 saturated heterocycles. The third kappa shape index (κ3) is 7.20. The zero-order valence-electron chi connectivity index (χ0n) is 30.2. The molecule has 2 aromatic heterocycles. The number of unbranched alkanes of at least 4 members (excludes halogenated alkanes) is 1. The summed E-state index contributed by atoms with van der Waals surface area (Å²) in [7, 11) is 0. The predicted octanol–water partition coefficient (Wildman–Crippen LogP) is 5.57. The molecule has 1 unspecified atom stereocenters. The number of nitrogens with one attached hydrogen (secondary N) is 2. The highest BCUT2D eigenvalue weighted by Crippen LogP contribution is 2.40. The second-order valence-electron chi connectivity index (χ2n) is 13.4. The maximum atomic E-state index is 13.3. The van der Waals surface area contributed by atoms with Crippen LogP contribution in [0.25, 0.3) is 5.00 Å².